The summed E-state index contributed by atoms with van der Waals surface area (Å²) in [7, 11) is 0. The van der Waals surface area contributed by atoms with E-state index in [1.54, 1.807) is 18.7 Å². The number of furan rings is 1. The molecule has 0 aromatic carbocycles. The molecule has 10 nitrogen and oxygen atoms in total. The number of aliphatic carboxylic acids is 2. The van der Waals surface area contributed by atoms with Crippen molar-refractivity contribution in [3.63, 3.8) is 0 Å². The number of rotatable bonds is 5. The number of hydrogen-bond acceptors (Lipinski definition) is 8. The first-order chi connectivity index (χ1) is 17.3. The smallest absolute Gasteiger partial charge is 0.475 e. The number of carboxylic acids is 2. The minimum absolute atomic E-state index is 0.232. The van der Waals surface area contributed by atoms with Crippen LogP contribution in [0, 0.1) is 11.8 Å². The zero-order valence-corrected chi connectivity index (χ0v) is 19.1. The fourth-order valence-electron chi connectivity index (χ4n) is 3.68. The number of fused-ring (bicyclic) bond motifs is 1. The lowest BCUT2D eigenvalue weighted by Gasteiger charge is -2.35. The standard InChI is InChI=1S/C17H22N4O2.2C2HF3O2/c1-4-18-17(19-5-1)20-8-16-15-10-21(6-2-14(15)12-23-16)9-13-3-7-22-11-13;2*3-2(4,5)1(6)7/h1,3-5,7,11,14-16H,2,6,8-10,12H2,(H,18,19,20);2*(H,6,7)/t14-,15-,16+;;/m0../s1. The summed E-state index contributed by atoms with van der Waals surface area (Å²) in [5, 5.41) is 17.5. The number of aromatic nitrogens is 2. The molecule has 2 aromatic rings. The summed E-state index contributed by atoms with van der Waals surface area (Å²) in [6.45, 7) is 4.83. The lowest BCUT2D eigenvalue weighted by atomic mass is 9.84. The summed E-state index contributed by atoms with van der Waals surface area (Å²) in [4.78, 5) is 28.7. The van der Waals surface area contributed by atoms with E-state index in [-0.39, 0.29) is 6.10 Å². The fraction of sp³-hybridized carbons (Fsp3) is 0.524. The second-order valence-corrected chi connectivity index (χ2v) is 8.01. The summed E-state index contributed by atoms with van der Waals surface area (Å²) in [5.74, 6) is -3.59. The monoisotopic (exact) mass is 542 g/mol. The van der Waals surface area contributed by atoms with Gasteiger partial charge in [-0.1, -0.05) is 0 Å². The van der Waals surface area contributed by atoms with Crippen LogP contribution >= 0.6 is 0 Å². The Morgan fingerprint density at radius 3 is 2.19 bits per heavy atom. The highest BCUT2D eigenvalue weighted by Crippen LogP contribution is 2.34. The third kappa shape index (κ3) is 10.2. The Kier molecular flexibility index (Phi) is 10.7. The molecule has 206 valence electrons. The number of nitrogens with zero attached hydrogens (tertiary/aromatic N) is 3. The molecule has 0 aliphatic carbocycles. The molecule has 2 aliphatic heterocycles. The van der Waals surface area contributed by atoms with Gasteiger partial charge >= 0.3 is 24.3 Å². The first kappa shape index (κ1) is 29.8. The zero-order chi connectivity index (χ0) is 27.6. The topological polar surface area (TPSA) is 138 Å². The van der Waals surface area contributed by atoms with Gasteiger partial charge in [-0.2, -0.15) is 26.3 Å². The van der Waals surface area contributed by atoms with Crippen LogP contribution in [0.1, 0.15) is 12.0 Å². The van der Waals surface area contributed by atoms with Crippen molar-refractivity contribution in [3.8, 4) is 0 Å². The van der Waals surface area contributed by atoms with Gasteiger partial charge in [0.15, 0.2) is 0 Å². The maximum atomic E-state index is 10.6. The van der Waals surface area contributed by atoms with Gasteiger partial charge < -0.3 is 24.7 Å². The minimum Gasteiger partial charge on any atom is -0.475 e. The zero-order valence-electron chi connectivity index (χ0n) is 19.1. The number of likely N-dealkylation sites (tertiary alicyclic amines) is 1. The molecular weight excluding hydrogens is 518 g/mol. The van der Waals surface area contributed by atoms with Crippen molar-refractivity contribution in [3.05, 3.63) is 42.6 Å². The van der Waals surface area contributed by atoms with Gasteiger partial charge in [0.05, 0.1) is 25.2 Å². The predicted octanol–water partition coefficient (Wildman–Crippen LogP) is 3.29. The Labute approximate surface area is 206 Å². The predicted molar refractivity (Wildman–Crippen MR) is 113 cm³/mol. The van der Waals surface area contributed by atoms with Crippen molar-refractivity contribution >= 4 is 17.9 Å². The first-order valence-corrected chi connectivity index (χ1v) is 10.7. The Morgan fingerprint density at radius 2 is 1.68 bits per heavy atom. The van der Waals surface area contributed by atoms with Crippen LogP contribution in [0.2, 0.25) is 0 Å². The van der Waals surface area contributed by atoms with Crippen LogP contribution < -0.4 is 5.32 Å². The third-order valence-electron chi connectivity index (χ3n) is 5.39. The number of alkyl halides is 6. The molecular formula is C21H24F6N4O6. The third-order valence-corrected chi connectivity index (χ3v) is 5.39. The second kappa shape index (κ2) is 13.2. The maximum Gasteiger partial charge on any atom is 0.490 e. The van der Waals surface area contributed by atoms with Gasteiger partial charge in [0, 0.05) is 43.5 Å². The van der Waals surface area contributed by atoms with Gasteiger partial charge in [-0.15, -0.1) is 0 Å². The molecule has 3 atom stereocenters. The van der Waals surface area contributed by atoms with Gasteiger partial charge in [0.25, 0.3) is 0 Å². The van der Waals surface area contributed by atoms with Crippen molar-refractivity contribution in [1.29, 1.82) is 0 Å². The van der Waals surface area contributed by atoms with E-state index in [4.69, 9.17) is 29.0 Å². The molecule has 16 heteroatoms. The Morgan fingerprint density at radius 1 is 1.08 bits per heavy atom. The minimum atomic E-state index is -5.08. The van der Waals surface area contributed by atoms with E-state index in [0.717, 1.165) is 32.8 Å². The number of hydrogen-bond donors (Lipinski definition) is 3. The normalized spacial score (nSPS) is 21.5. The molecule has 0 unspecified atom stereocenters. The molecule has 0 bridgehead atoms. The van der Waals surface area contributed by atoms with E-state index in [1.165, 1.54) is 12.0 Å². The highest BCUT2D eigenvalue weighted by atomic mass is 19.4. The van der Waals surface area contributed by atoms with Gasteiger partial charge in [0.2, 0.25) is 5.95 Å². The quantitative estimate of drug-likeness (QED) is 0.483. The highest BCUT2D eigenvalue weighted by Gasteiger charge is 2.41. The van der Waals surface area contributed by atoms with E-state index < -0.39 is 24.3 Å². The van der Waals surface area contributed by atoms with Crippen LogP contribution in [0.25, 0.3) is 0 Å². The molecule has 4 heterocycles. The summed E-state index contributed by atoms with van der Waals surface area (Å²) in [6.07, 6.45) is -1.64. The number of piperidine rings is 1. The molecule has 4 rings (SSSR count). The molecule has 0 saturated carbocycles. The van der Waals surface area contributed by atoms with Crippen molar-refractivity contribution in [1.82, 2.24) is 14.9 Å². The number of carbonyl (C=O) groups is 2. The van der Waals surface area contributed by atoms with E-state index in [2.05, 4.69) is 20.2 Å². The van der Waals surface area contributed by atoms with Crippen LogP contribution in [-0.4, -0.2) is 81.7 Å². The largest absolute Gasteiger partial charge is 0.490 e. The van der Waals surface area contributed by atoms with Crippen LogP contribution in [0.3, 0.4) is 0 Å². The summed E-state index contributed by atoms with van der Waals surface area (Å²) < 4.78 is 74.7. The SMILES string of the molecule is O=C(O)C(F)(F)F.O=C(O)C(F)(F)F.c1cnc(NC[C@H]2OC[C@@H]3CCN(Cc4ccoc4)C[C@@H]32)nc1. The van der Waals surface area contributed by atoms with Crippen molar-refractivity contribution < 1.29 is 55.3 Å². The highest BCUT2D eigenvalue weighted by molar-refractivity contribution is 5.73. The second-order valence-electron chi connectivity index (χ2n) is 8.01. The summed E-state index contributed by atoms with van der Waals surface area (Å²) in [5.41, 5.74) is 1.25. The average Bonchev–Trinajstić information content (AvgIpc) is 3.48. The van der Waals surface area contributed by atoms with Crippen molar-refractivity contribution in [2.75, 3.05) is 31.6 Å². The number of halogens is 6. The summed E-state index contributed by atoms with van der Waals surface area (Å²) >= 11 is 0. The Bertz CT molecular complexity index is 950. The van der Waals surface area contributed by atoms with Crippen molar-refractivity contribution in [2.24, 2.45) is 11.8 Å². The molecule has 0 spiro atoms. The number of ether oxygens (including phenoxy) is 1. The first-order valence-electron chi connectivity index (χ1n) is 10.7. The molecule has 0 radical (unpaired) electrons. The van der Waals surface area contributed by atoms with E-state index in [1.807, 2.05) is 18.4 Å². The molecule has 2 fully saturated rings. The Hall–Kier alpha value is -3.40. The molecule has 2 aromatic heterocycles. The molecule has 2 aliphatic rings. The van der Waals surface area contributed by atoms with Crippen molar-refractivity contribution in [2.45, 2.75) is 31.4 Å². The molecule has 2 saturated heterocycles. The Balaban J connectivity index is 0.000000286. The molecule has 3 N–H and O–H groups in total. The summed E-state index contributed by atoms with van der Waals surface area (Å²) in [6, 6.07) is 3.87. The van der Waals surface area contributed by atoms with Crippen LogP contribution in [0.5, 0.6) is 0 Å². The number of nitrogens with one attached hydrogen (secondary N) is 1. The fourth-order valence-corrected chi connectivity index (χ4v) is 3.68. The number of carboxylic acid groups (broad SMARTS) is 2. The van der Waals surface area contributed by atoms with Gasteiger partial charge in [-0.25, -0.2) is 19.6 Å². The maximum absolute atomic E-state index is 10.6. The van der Waals surface area contributed by atoms with Gasteiger partial charge in [-0.05, 0) is 31.0 Å². The average molecular weight is 542 g/mol. The molecule has 0 amide bonds. The van der Waals surface area contributed by atoms with E-state index in [0.29, 0.717) is 17.8 Å². The lowest BCUT2D eigenvalue weighted by molar-refractivity contribution is -0.193. The van der Waals surface area contributed by atoms with E-state index >= 15 is 0 Å². The van der Waals surface area contributed by atoms with Crippen LogP contribution in [-0.2, 0) is 20.9 Å². The number of anilines is 1. The molecule has 37 heavy (non-hydrogen) atoms. The van der Waals surface area contributed by atoms with Gasteiger partial charge in [0.1, 0.15) is 0 Å². The lowest BCUT2D eigenvalue weighted by Crippen LogP contribution is -2.43. The van der Waals surface area contributed by atoms with Gasteiger partial charge in [-0.3, -0.25) is 4.90 Å². The van der Waals surface area contributed by atoms with Crippen LogP contribution in [0.4, 0.5) is 32.3 Å². The van der Waals surface area contributed by atoms with Crippen LogP contribution in [0.15, 0.2) is 41.5 Å². The van der Waals surface area contributed by atoms with E-state index in [9.17, 15) is 26.3 Å².